The number of esters is 2. The van der Waals surface area contributed by atoms with Crippen LogP contribution in [-0.4, -0.2) is 25.2 Å². The van der Waals surface area contributed by atoms with Crippen LogP contribution in [0.15, 0.2) is 0 Å². The maximum absolute atomic E-state index is 11.8. The molecule has 0 spiro atoms. The second-order valence-corrected chi connectivity index (χ2v) is 18.1. The Hall–Kier alpha value is -1.06. The summed E-state index contributed by atoms with van der Waals surface area (Å²) in [4.78, 5) is 23.5. The molecule has 0 aliphatic heterocycles. The van der Waals surface area contributed by atoms with Crippen molar-refractivity contribution in [3.05, 3.63) is 0 Å². The first-order valence-electron chi connectivity index (χ1n) is 26.9. The standard InChI is InChI=1S/C28H56O2.C26H52O2/c1-3-5-7-9-11-13-15-17-19-21-23-25-27-30-28(29)26-24-22-20-18-16-14-12-10-8-6-4-2;1-3-5-7-9-11-13-15-16-18-20-22-24-26(27)28-25-23-21-19-17-14-12-10-8-6-4-2/h3-27H2,1-2H3;3-25H2,1-2H3. The first-order chi connectivity index (χ1) is 28.6. The van der Waals surface area contributed by atoms with E-state index in [-0.39, 0.29) is 11.9 Å². The third-order valence-corrected chi connectivity index (χ3v) is 12.0. The molecule has 0 aromatic carbocycles. The molecule has 4 nitrogen and oxygen atoms in total. The molecule has 0 radical (unpaired) electrons. The molecule has 348 valence electrons. The van der Waals surface area contributed by atoms with E-state index in [9.17, 15) is 9.59 Å². The summed E-state index contributed by atoms with van der Waals surface area (Å²) < 4.78 is 10.8. The van der Waals surface area contributed by atoms with Gasteiger partial charge in [-0.2, -0.15) is 0 Å². The lowest BCUT2D eigenvalue weighted by molar-refractivity contribution is -0.144. The Morgan fingerprint density at radius 3 is 0.569 bits per heavy atom. The maximum atomic E-state index is 11.8. The number of hydrogen-bond acceptors (Lipinski definition) is 4. The molecule has 0 saturated heterocycles. The van der Waals surface area contributed by atoms with Crippen molar-refractivity contribution in [3.63, 3.8) is 0 Å². The Kier molecular flexibility index (Phi) is 56.9. The number of ether oxygens (including phenoxy) is 2. The lowest BCUT2D eigenvalue weighted by Crippen LogP contribution is -2.05. The van der Waals surface area contributed by atoms with Crippen LogP contribution in [0.4, 0.5) is 0 Å². The van der Waals surface area contributed by atoms with Gasteiger partial charge in [0.1, 0.15) is 0 Å². The maximum Gasteiger partial charge on any atom is 0.305 e. The quantitative estimate of drug-likeness (QED) is 0.0453. The van der Waals surface area contributed by atoms with Crippen molar-refractivity contribution in [1.82, 2.24) is 0 Å². The number of hydrogen-bond donors (Lipinski definition) is 0. The largest absolute Gasteiger partial charge is 0.466 e. The number of carbonyl (C=O) groups is 2. The molecule has 0 aliphatic rings. The lowest BCUT2D eigenvalue weighted by atomic mass is 10.1. The van der Waals surface area contributed by atoms with E-state index in [0.29, 0.717) is 26.1 Å². The summed E-state index contributed by atoms with van der Waals surface area (Å²) in [6.07, 6.45) is 59.7. The van der Waals surface area contributed by atoms with Crippen molar-refractivity contribution in [2.75, 3.05) is 13.2 Å². The van der Waals surface area contributed by atoms with Crippen LogP contribution >= 0.6 is 0 Å². The molecule has 0 N–H and O–H groups in total. The van der Waals surface area contributed by atoms with Crippen molar-refractivity contribution in [1.29, 1.82) is 0 Å². The summed E-state index contributed by atoms with van der Waals surface area (Å²) in [6, 6.07) is 0. The SMILES string of the molecule is CCCCCCCCCCCCCC(=O)OCCCCCCCCCCCC.CCCCCCCCCCCCCCOC(=O)CCCCCCCCCCCCC. The van der Waals surface area contributed by atoms with Gasteiger partial charge in [0.05, 0.1) is 13.2 Å². The number of rotatable bonds is 48. The summed E-state index contributed by atoms with van der Waals surface area (Å²) in [6.45, 7) is 10.4. The summed E-state index contributed by atoms with van der Waals surface area (Å²) >= 11 is 0. The zero-order valence-corrected chi connectivity index (χ0v) is 40.6. The van der Waals surface area contributed by atoms with Crippen molar-refractivity contribution < 1.29 is 19.1 Å². The molecule has 0 atom stereocenters. The molecule has 0 unspecified atom stereocenters. The van der Waals surface area contributed by atoms with E-state index in [2.05, 4.69) is 27.7 Å². The predicted octanol–water partition coefficient (Wildman–Crippen LogP) is 19.1. The van der Waals surface area contributed by atoms with E-state index in [1.807, 2.05) is 0 Å². The third kappa shape index (κ3) is 57.0. The van der Waals surface area contributed by atoms with Crippen LogP contribution < -0.4 is 0 Å². The van der Waals surface area contributed by atoms with Gasteiger partial charge in [-0.3, -0.25) is 9.59 Å². The minimum Gasteiger partial charge on any atom is -0.466 e. The first-order valence-corrected chi connectivity index (χ1v) is 26.9. The summed E-state index contributed by atoms with van der Waals surface area (Å²) in [5.74, 6) is 0.0424. The number of unbranched alkanes of at least 4 members (excludes halogenated alkanes) is 40. The molecule has 0 heterocycles. The van der Waals surface area contributed by atoms with Crippen LogP contribution in [0, 0.1) is 0 Å². The van der Waals surface area contributed by atoms with E-state index < -0.39 is 0 Å². The average Bonchev–Trinajstić information content (AvgIpc) is 3.23. The Morgan fingerprint density at radius 1 is 0.224 bits per heavy atom. The molecule has 0 bridgehead atoms. The highest BCUT2D eigenvalue weighted by molar-refractivity contribution is 5.69. The summed E-state index contributed by atoms with van der Waals surface area (Å²) in [7, 11) is 0. The number of carbonyl (C=O) groups excluding carboxylic acids is 2. The van der Waals surface area contributed by atoms with E-state index in [0.717, 1.165) is 25.7 Å². The summed E-state index contributed by atoms with van der Waals surface area (Å²) in [5.41, 5.74) is 0. The van der Waals surface area contributed by atoms with E-state index in [1.54, 1.807) is 0 Å². The van der Waals surface area contributed by atoms with Crippen LogP contribution in [0.1, 0.15) is 323 Å². The van der Waals surface area contributed by atoms with Crippen LogP contribution in [0.3, 0.4) is 0 Å². The van der Waals surface area contributed by atoms with Gasteiger partial charge in [0, 0.05) is 12.8 Å². The van der Waals surface area contributed by atoms with Crippen molar-refractivity contribution in [2.45, 2.75) is 323 Å². The van der Waals surface area contributed by atoms with Gasteiger partial charge in [-0.15, -0.1) is 0 Å². The molecule has 0 aromatic heterocycles. The van der Waals surface area contributed by atoms with E-state index >= 15 is 0 Å². The average molecular weight is 821 g/mol. The van der Waals surface area contributed by atoms with Crippen molar-refractivity contribution >= 4 is 11.9 Å². The fourth-order valence-corrected chi connectivity index (χ4v) is 7.92. The monoisotopic (exact) mass is 821 g/mol. The molecule has 0 aromatic rings. The van der Waals surface area contributed by atoms with E-state index in [4.69, 9.17) is 9.47 Å². The Balaban J connectivity index is 0. The highest BCUT2D eigenvalue weighted by Crippen LogP contribution is 2.16. The van der Waals surface area contributed by atoms with Gasteiger partial charge in [0.25, 0.3) is 0 Å². The van der Waals surface area contributed by atoms with Gasteiger partial charge in [-0.05, 0) is 25.7 Å². The van der Waals surface area contributed by atoms with Gasteiger partial charge < -0.3 is 9.47 Å². The predicted molar refractivity (Wildman–Crippen MR) is 257 cm³/mol. The third-order valence-electron chi connectivity index (χ3n) is 12.0. The normalized spacial score (nSPS) is 11.1. The zero-order valence-electron chi connectivity index (χ0n) is 40.6. The highest BCUT2D eigenvalue weighted by atomic mass is 16.5. The van der Waals surface area contributed by atoms with Crippen LogP contribution in [0.5, 0.6) is 0 Å². The first kappa shape index (κ1) is 59.0. The smallest absolute Gasteiger partial charge is 0.305 e. The minimum absolute atomic E-state index is 0.0202. The fourth-order valence-electron chi connectivity index (χ4n) is 7.92. The molecule has 58 heavy (non-hydrogen) atoms. The molecule has 0 rings (SSSR count). The second kappa shape index (κ2) is 55.9. The fraction of sp³-hybridized carbons (Fsp3) is 0.963. The van der Waals surface area contributed by atoms with E-state index in [1.165, 1.54) is 257 Å². The Morgan fingerprint density at radius 2 is 0.379 bits per heavy atom. The Labute approximate surface area is 366 Å². The topological polar surface area (TPSA) is 52.6 Å². The van der Waals surface area contributed by atoms with Crippen LogP contribution in [-0.2, 0) is 19.1 Å². The molecular weight excluding hydrogens is 713 g/mol. The molecule has 0 aliphatic carbocycles. The lowest BCUT2D eigenvalue weighted by Gasteiger charge is -2.06. The van der Waals surface area contributed by atoms with Gasteiger partial charge in [0.15, 0.2) is 0 Å². The molecule has 0 fully saturated rings. The van der Waals surface area contributed by atoms with Gasteiger partial charge in [0.2, 0.25) is 0 Å². The Bertz CT molecular complexity index is 723. The second-order valence-electron chi connectivity index (χ2n) is 18.1. The highest BCUT2D eigenvalue weighted by Gasteiger charge is 2.04. The van der Waals surface area contributed by atoms with Crippen molar-refractivity contribution in [2.24, 2.45) is 0 Å². The van der Waals surface area contributed by atoms with Gasteiger partial charge in [-0.25, -0.2) is 0 Å². The van der Waals surface area contributed by atoms with Gasteiger partial charge in [-0.1, -0.05) is 285 Å². The zero-order chi connectivity index (χ0) is 42.5. The molecular formula is C54H108O4. The minimum atomic E-state index is 0.0202. The molecule has 0 saturated carbocycles. The van der Waals surface area contributed by atoms with Crippen LogP contribution in [0.25, 0.3) is 0 Å². The summed E-state index contributed by atoms with van der Waals surface area (Å²) in [5, 5.41) is 0. The van der Waals surface area contributed by atoms with Crippen LogP contribution in [0.2, 0.25) is 0 Å². The molecule has 4 heteroatoms. The molecule has 0 amide bonds. The van der Waals surface area contributed by atoms with Crippen molar-refractivity contribution in [3.8, 4) is 0 Å². The van der Waals surface area contributed by atoms with Gasteiger partial charge >= 0.3 is 11.9 Å².